The van der Waals surface area contributed by atoms with Crippen LogP contribution in [-0.4, -0.2) is 20.9 Å². The molecule has 1 N–H and O–H groups in total. The first kappa shape index (κ1) is 18.1. The Morgan fingerprint density at radius 1 is 1.00 bits per heavy atom. The molecule has 0 saturated carbocycles. The van der Waals surface area contributed by atoms with E-state index in [4.69, 9.17) is 0 Å². The van der Waals surface area contributed by atoms with Gasteiger partial charge in [0.05, 0.1) is 5.03 Å². The third-order valence-corrected chi connectivity index (χ3v) is 6.78. The Hall–Kier alpha value is -2.24. The Labute approximate surface area is 170 Å². The van der Waals surface area contributed by atoms with Crippen LogP contribution in [0.2, 0.25) is 0 Å². The number of carbonyl (C=O) groups is 1. The van der Waals surface area contributed by atoms with Crippen LogP contribution >= 0.6 is 27.7 Å². The molecule has 0 aliphatic carbocycles. The Balaban J connectivity index is 2.07. The molecule has 1 aromatic heterocycles. The zero-order chi connectivity index (χ0) is 19.1. The summed E-state index contributed by atoms with van der Waals surface area (Å²) in [7, 11) is 2.00. The lowest BCUT2D eigenvalue weighted by molar-refractivity contribution is -0.136. The van der Waals surface area contributed by atoms with Gasteiger partial charge in [0.2, 0.25) is 0 Å². The van der Waals surface area contributed by atoms with Crippen LogP contribution in [0.25, 0.3) is 32.8 Å². The van der Waals surface area contributed by atoms with Crippen molar-refractivity contribution < 1.29 is 9.90 Å². The van der Waals surface area contributed by atoms with Gasteiger partial charge >= 0.3 is 5.97 Å². The van der Waals surface area contributed by atoms with E-state index in [9.17, 15) is 9.90 Å². The molecular weight excluding hydrogens is 422 g/mol. The van der Waals surface area contributed by atoms with Gasteiger partial charge in [-0.1, -0.05) is 76.2 Å². The normalized spacial score (nSPS) is 12.6. The molecule has 0 amide bonds. The molecule has 3 aromatic carbocycles. The van der Waals surface area contributed by atoms with Crippen LogP contribution in [0.15, 0.2) is 70.2 Å². The number of hydrogen-bond donors (Lipinski definition) is 1. The van der Waals surface area contributed by atoms with E-state index in [0.717, 1.165) is 42.3 Å². The maximum absolute atomic E-state index is 11.5. The van der Waals surface area contributed by atoms with Gasteiger partial charge in [-0.2, -0.15) is 0 Å². The van der Waals surface area contributed by atoms with Crippen molar-refractivity contribution >= 4 is 55.3 Å². The van der Waals surface area contributed by atoms with Crippen LogP contribution < -0.4 is 0 Å². The summed E-state index contributed by atoms with van der Waals surface area (Å²) in [5.74, 6) is -0.808. The molecule has 1 atom stereocenters. The molecule has 136 valence electrons. The molecule has 4 rings (SSSR count). The molecule has 0 bridgehead atoms. The van der Waals surface area contributed by atoms with Crippen LogP contribution in [-0.2, 0) is 11.8 Å². The summed E-state index contributed by atoms with van der Waals surface area (Å²) in [6.07, 6.45) is 0. The SMILES string of the molecule is CC(Sc1c(-c2ccc(Br)c3ccccc23)c2ccccc2n1C)C(=O)O. The number of carboxylic acids is 1. The Morgan fingerprint density at radius 2 is 1.63 bits per heavy atom. The summed E-state index contributed by atoms with van der Waals surface area (Å²) >= 11 is 5.04. The van der Waals surface area contributed by atoms with Gasteiger partial charge in [-0.15, -0.1) is 0 Å². The van der Waals surface area contributed by atoms with Crippen molar-refractivity contribution in [2.75, 3.05) is 0 Å². The minimum Gasteiger partial charge on any atom is -0.480 e. The van der Waals surface area contributed by atoms with Gasteiger partial charge in [-0.05, 0) is 35.4 Å². The predicted octanol–water partition coefficient (Wildman–Crippen LogP) is 6.33. The minimum absolute atomic E-state index is 0.534. The fraction of sp³-hybridized carbons (Fsp3) is 0.136. The van der Waals surface area contributed by atoms with Crippen LogP contribution in [0.3, 0.4) is 0 Å². The molecule has 1 heterocycles. The molecule has 27 heavy (non-hydrogen) atoms. The number of aliphatic carboxylic acids is 1. The van der Waals surface area contributed by atoms with Gasteiger partial charge in [0.1, 0.15) is 5.25 Å². The van der Waals surface area contributed by atoms with Gasteiger partial charge < -0.3 is 9.67 Å². The molecule has 5 heteroatoms. The molecule has 4 aromatic rings. The van der Waals surface area contributed by atoms with Crippen molar-refractivity contribution in [3.05, 3.63) is 65.1 Å². The minimum atomic E-state index is -0.808. The number of thioether (sulfide) groups is 1. The zero-order valence-corrected chi connectivity index (χ0v) is 17.3. The van der Waals surface area contributed by atoms with Crippen molar-refractivity contribution in [1.82, 2.24) is 4.57 Å². The molecule has 1 unspecified atom stereocenters. The monoisotopic (exact) mass is 439 g/mol. The number of para-hydroxylation sites is 1. The fourth-order valence-corrected chi connectivity index (χ4v) is 4.97. The third-order valence-electron chi connectivity index (χ3n) is 4.83. The summed E-state index contributed by atoms with van der Waals surface area (Å²) < 4.78 is 3.15. The lowest BCUT2D eigenvalue weighted by Gasteiger charge is -2.13. The van der Waals surface area contributed by atoms with Crippen molar-refractivity contribution in [2.45, 2.75) is 17.2 Å². The average Bonchev–Trinajstić information content (AvgIpc) is 2.95. The quantitative estimate of drug-likeness (QED) is 0.377. The number of rotatable bonds is 4. The molecule has 0 saturated heterocycles. The van der Waals surface area contributed by atoms with Crippen LogP contribution in [0.1, 0.15) is 6.92 Å². The Morgan fingerprint density at radius 3 is 2.33 bits per heavy atom. The summed E-state index contributed by atoms with van der Waals surface area (Å²) in [6, 6.07) is 20.7. The highest BCUT2D eigenvalue weighted by molar-refractivity contribution is 9.10. The van der Waals surface area contributed by atoms with Gasteiger partial charge in [0, 0.05) is 28.0 Å². The summed E-state index contributed by atoms with van der Waals surface area (Å²) in [4.78, 5) is 11.5. The van der Waals surface area contributed by atoms with Gasteiger partial charge in [-0.25, -0.2) is 0 Å². The Bertz CT molecular complexity index is 1180. The van der Waals surface area contributed by atoms with Crippen LogP contribution in [0.5, 0.6) is 0 Å². The Kier molecular flexibility index (Phi) is 4.74. The van der Waals surface area contributed by atoms with E-state index in [2.05, 4.69) is 56.9 Å². The van der Waals surface area contributed by atoms with Crippen molar-refractivity contribution in [3.63, 3.8) is 0 Å². The number of nitrogens with zero attached hydrogens (tertiary/aromatic N) is 1. The smallest absolute Gasteiger partial charge is 0.316 e. The fourth-order valence-electron chi connectivity index (χ4n) is 3.47. The standard InChI is InChI=1S/C22H18BrNO2S/c1-13(22(25)26)27-21-20(17-9-5-6-10-19(17)24(21)2)16-11-12-18(23)15-8-4-3-7-14(15)16/h3-13H,1-2H3,(H,25,26). The number of aromatic nitrogens is 1. The highest BCUT2D eigenvalue weighted by Crippen LogP contribution is 2.44. The summed E-state index contributed by atoms with van der Waals surface area (Å²) in [5.41, 5.74) is 3.31. The van der Waals surface area contributed by atoms with Crippen LogP contribution in [0, 0.1) is 0 Å². The lowest BCUT2D eigenvalue weighted by Crippen LogP contribution is -2.12. The van der Waals surface area contributed by atoms with E-state index in [0.29, 0.717) is 0 Å². The van der Waals surface area contributed by atoms with Gasteiger partial charge in [-0.3, -0.25) is 4.79 Å². The topological polar surface area (TPSA) is 42.2 Å². The lowest BCUT2D eigenvalue weighted by atomic mass is 9.98. The maximum Gasteiger partial charge on any atom is 0.316 e. The molecule has 3 nitrogen and oxygen atoms in total. The number of fused-ring (bicyclic) bond motifs is 2. The number of benzene rings is 3. The average molecular weight is 440 g/mol. The van der Waals surface area contributed by atoms with E-state index < -0.39 is 11.2 Å². The summed E-state index contributed by atoms with van der Waals surface area (Å²) in [5, 5.41) is 13.3. The number of aryl methyl sites for hydroxylation is 1. The van der Waals surface area contributed by atoms with E-state index in [1.807, 2.05) is 31.3 Å². The largest absolute Gasteiger partial charge is 0.480 e. The molecule has 0 aliphatic heterocycles. The molecule has 0 aliphatic rings. The van der Waals surface area contributed by atoms with Gasteiger partial charge in [0.15, 0.2) is 0 Å². The first-order chi connectivity index (χ1) is 13.0. The highest BCUT2D eigenvalue weighted by atomic mass is 79.9. The second kappa shape index (κ2) is 7.06. The van der Waals surface area contributed by atoms with Crippen molar-refractivity contribution in [1.29, 1.82) is 0 Å². The number of carboxylic acid groups (broad SMARTS) is 1. The zero-order valence-electron chi connectivity index (χ0n) is 14.9. The molecule has 0 radical (unpaired) electrons. The highest BCUT2D eigenvalue weighted by Gasteiger charge is 2.23. The summed E-state index contributed by atoms with van der Waals surface area (Å²) in [6.45, 7) is 1.73. The van der Waals surface area contributed by atoms with E-state index in [1.165, 1.54) is 11.8 Å². The second-order valence-electron chi connectivity index (χ2n) is 6.50. The first-order valence-corrected chi connectivity index (χ1v) is 10.3. The van der Waals surface area contributed by atoms with E-state index >= 15 is 0 Å². The molecule has 0 fully saturated rings. The predicted molar refractivity (Wildman–Crippen MR) is 117 cm³/mol. The van der Waals surface area contributed by atoms with Gasteiger partial charge in [0.25, 0.3) is 0 Å². The van der Waals surface area contributed by atoms with Crippen molar-refractivity contribution in [3.8, 4) is 11.1 Å². The van der Waals surface area contributed by atoms with Crippen molar-refractivity contribution in [2.24, 2.45) is 7.05 Å². The third kappa shape index (κ3) is 3.05. The second-order valence-corrected chi connectivity index (χ2v) is 8.68. The van der Waals surface area contributed by atoms with E-state index in [-0.39, 0.29) is 0 Å². The number of hydrogen-bond acceptors (Lipinski definition) is 2. The maximum atomic E-state index is 11.5. The first-order valence-electron chi connectivity index (χ1n) is 8.63. The molecular formula is C22H18BrNO2S. The van der Waals surface area contributed by atoms with E-state index in [1.54, 1.807) is 6.92 Å². The van der Waals surface area contributed by atoms with Crippen LogP contribution in [0.4, 0.5) is 0 Å². The molecule has 0 spiro atoms. The number of halogens is 1.